The van der Waals surface area contributed by atoms with E-state index >= 15 is 0 Å². The molecule has 0 radical (unpaired) electrons. The zero-order valence-corrected chi connectivity index (χ0v) is 8.95. The second-order valence-corrected chi connectivity index (χ2v) is 4.24. The van der Waals surface area contributed by atoms with Gasteiger partial charge < -0.3 is 0 Å². The molecule has 68 valence electrons. The molecule has 1 aromatic heterocycles. The van der Waals surface area contributed by atoms with Crippen molar-refractivity contribution in [3.63, 3.8) is 0 Å². The van der Waals surface area contributed by atoms with Gasteiger partial charge in [0.25, 0.3) is 0 Å². The number of aromatic nitrogens is 1. The van der Waals surface area contributed by atoms with Gasteiger partial charge in [0, 0.05) is 17.6 Å². The first-order valence-electron chi connectivity index (χ1n) is 4.08. The molecular weight excluding hydrogens is 192 g/mol. The predicted molar refractivity (Wildman–Crippen MR) is 53.7 cm³/mol. The SMILES string of the molecule is CCN(CC)Cc1cnc(Cl)s1. The third-order valence-electron chi connectivity index (χ3n) is 1.80. The van der Waals surface area contributed by atoms with Gasteiger partial charge in [-0.2, -0.15) is 0 Å². The smallest absolute Gasteiger partial charge is 0.183 e. The monoisotopic (exact) mass is 204 g/mol. The van der Waals surface area contributed by atoms with Crippen molar-refractivity contribution in [1.82, 2.24) is 9.88 Å². The van der Waals surface area contributed by atoms with Gasteiger partial charge in [-0.1, -0.05) is 25.4 Å². The minimum absolute atomic E-state index is 0.636. The molecule has 0 saturated carbocycles. The topological polar surface area (TPSA) is 16.1 Å². The molecule has 0 N–H and O–H groups in total. The summed E-state index contributed by atoms with van der Waals surface area (Å²) in [6.45, 7) is 7.44. The Morgan fingerprint density at radius 3 is 2.58 bits per heavy atom. The van der Waals surface area contributed by atoms with E-state index < -0.39 is 0 Å². The van der Waals surface area contributed by atoms with Gasteiger partial charge in [-0.05, 0) is 13.1 Å². The Bertz CT molecular complexity index is 233. The van der Waals surface area contributed by atoms with Crippen LogP contribution >= 0.6 is 22.9 Å². The summed E-state index contributed by atoms with van der Waals surface area (Å²) in [5, 5.41) is 0. The van der Waals surface area contributed by atoms with Gasteiger partial charge in [-0.3, -0.25) is 4.90 Å². The van der Waals surface area contributed by atoms with Gasteiger partial charge in [-0.15, -0.1) is 11.3 Å². The molecule has 0 atom stereocenters. The first-order valence-corrected chi connectivity index (χ1v) is 5.28. The summed E-state index contributed by atoms with van der Waals surface area (Å²) in [6, 6.07) is 0. The molecule has 1 aromatic rings. The maximum atomic E-state index is 5.72. The zero-order valence-electron chi connectivity index (χ0n) is 7.38. The molecule has 1 heterocycles. The molecule has 0 amide bonds. The molecule has 0 unspecified atom stereocenters. The molecule has 4 heteroatoms. The van der Waals surface area contributed by atoms with Gasteiger partial charge in [0.05, 0.1) is 0 Å². The number of hydrogen-bond donors (Lipinski definition) is 0. The number of rotatable bonds is 4. The molecule has 0 aliphatic rings. The van der Waals surface area contributed by atoms with E-state index in [4.69, 9.17) is 11.6 Å². The van der Waals surface area contributed by atoms with E-state index in [0.717, 1.165) is 19.6 Å². The number of thiazole rings is 1. The Kier molecular flexibility index (Phi) is 3.98. The van der Waals surface area contributed by atoms with Gasteiger partial charge in [0.2, 0.25) is 0 Å². The molecule has 0 saturated heterocycles. The molecule has 0 spiro atoms. The van der Waals surface area contributed by atoms with Gasteiger partial charge in [0.1, 0.15) is 0 Å². The van der Waals surface area contributed by atoms with Crippen molar-refractivity contribution in [2.45, 2.75) is 20.4 Å². The summed E-state index contributed by atoms with van der Waals surface area (Å²) >= 11 is 7.28. The van der Waals surface area contributed by atoms with Crippen LogP contribution in [0.15, 0.2) is 6.20 Å². The van der Waals surface area contributed by atoms with E-state index in [0.29, 0.717) is 4.47 Å². The summed E-state index contributed by atoms with van der Waals surface area (Å²) in [4.78, 5) is 7.57. The van der Waals surface area contributed by atoms with Gasteiger partial charge in [0.15, 0.2) is 4.47 Å². The second-order valence-electron chi connectivity index (χ2n) is 2.54. The Morgan fingerprint density at radius 2 is 2.17 bits per heavy atom. The first kappa shape index (κ1) is 9.96. The number of halogens is 1. The third-order valence-corrected chi connectivity index (χ3v) is 2.90. The molecule has 0 aliphatic heterocycles. The fourth-order valence-corrected chi connectivity index (χ4v) is 2.04. The summed E-state index contributed by atoms with van der Waals surface area (Å²) in [7, 11) is 0. The van der Waals surface area contributed by atoms with Crippen LogP contribution < -0.4 is 0 Å². The van der Waals surface area contributed by atoms with Crippen molar-refractivity contribution in [3.05, 3.63) is 15.5 Å². The lowest BCUT2D eigenvalue weighted by atomic mass is 10.4. The maximum absolute atomic E-state index is 5.72. The lowest BCUT2D eigenvalue weighted by Gasteiger charge is -2.15. The molecule has 0 aliphatic carbocycles. The summed E-state index contributed by atoms with van der Waals surface area (Å²) < 4.78 is 0.636. The van der Waals surface area contributed by atoms with Crippen LogP contribution in [0.2, 0.25) is 4.47 Å². The van der Waals surface area contributed by atoms with Crippen LogP contribution in [0, 0.1) is 0 Å². The van der Waals surface area contributed by atoms with Gasteiger partial charge in [-0.25, -0.2) is 4.98 Å². The zero-order chi connectivity index (χ0) is 8.97. The summed E-state index contributed by atoms with van der Waals surface area (Å²) in [5.74, 6) is 0. The van der Waals surface area contributed by atoms with Crippen molar-refractivity contribution in [3.8, 4) is 0 Å². The minimum Gasteiger partial charge on any atom is -0.299 e. The fraction of sp³-hybridized carbons (Fsp3) is 0.625. The standard InChI is InChI=1S/C8H13ClN2S/c1-3-11(4-2)6-7-5-10-8(9)12-7/h5H,3-4,6H2,1-2H3. The predicted octanol–water partition coefficient (Wildman–Crippen LogP) is 2.64. The molecule has 12 heavy (non-hydrogen) atoms. The lowest BCUT2D eigenvalue weighted by Crippen LogP contribution is -2.21. The Morgan fingerprint density at radius 1 is 1.50 bits per heavy atom. The van der Waals surface area contributed by atoms with E-state index in [-0.39, 0.29) is 0 Å². The maximum Gasteiger partial charge on any atom is 0.183 e. The Labute approximate surface area is 82.2 Å². The van der Waals surface area contributed by atoms with Crippen LogP contribution in [-0.2, 0) is 6.54 Å². The summed E-state index contributed by atoms with van der Waals surface area (Å²) in [6.07, 6.45) is 1.85. The fourth-order valence-electron chi connectivity index (χ4n) is 1.02. The van der Waals surface area contributed by atoms with Crippen LogP contribution in [0.1, 0.15) is 18.7 Å². The van der Waals surface area contributed by atoms with Crippen LogP contribution in [0.4, 0.5) is 0 Å². The van der Waals surface area contributed by atoms with Crippen LogP contribution in [-0.4, -0.2) is 23.0 Å². The van der Waals surface area contributed by atoms with E-state index in [1.165, 1.54) is 4.88 Å². The van der Waals surface area contributed by atoms with Crippen LogP contribution in [0.25, 0.3) is 0 Å². The minimum atomic E-state index is 0.636. The van der Waals surface area contributed by atoms with Gasteiger partial charge >= 0.3 is 0 Å². The Balaban J connectivity index is 2.50. The first-order chi connectivity index (χ1) is 5.76. The highest BCUT2D eigenvalue weighted by atomic mass is 35.5. The second kappa shape index (κ2) is 4.80. The molecule has 1 rings (SSSR count). The quantitative estimate of drug-likeness (QED) is 0.750. The highest BCUT2D eigenvalue weighted by molar-refractivity contribution is 7.15. The molecular formula is C8H13ClN2S. The van der Waals surface area contributed by atoms with Crippen LogP contribution in [0.5, 0.6) is 0 Å². The molecule has 0 bridgehead atoms. The number of nitrogens with zero attached hydrogens (tertiary/aromatic N) is 2. The number of hydrogen-bond acceptors (Lipinski definition) is 3. The van der Waals surface area contributed by atoms with E-state index in [1.54, 1.807) is 11.3 Å². The highest BCUT2D eigenvalue weighted by Gasteiger charge is 2.03. The average Bonchev–Trinajstić information content (AvgIpc) is 2.47. The summed E-state index contributed by atoms with van der Waals surface area (Å²) in [5.41, 5.74) is 0. The van der Waals surface area contributed by atoms with E-state index in [1.807, 2.05) is 6.20 Å². The Hall–Kier alpha value is -0.120. The molecule has 2 nitrogen and oxygen atoms in total. The third kappa shape index (κ3) is 2.73. The van der Waals surface area contributed by atoms with Crippen molar-refractivity contribution < 1.29 is 0 Å². The average molecular weight is 205 g/mol. The largest absolute Gasteiger partial charge is 0.299 e. The lowest BCUT2D eigenvalue weighted by molar-refractivity contribution is 0.298. The van der Waals surface area contributed by atoms with Crippen molar-refractivity contribution >= 4 is 22.9 Å². The van der Waals surface area contributed by atoms with Crippen molar-refractivity contribution in [2.75, 3.05) is 13.1 Å². The van der Waals surface area contributed by atoms with Crippen LogP contribution in [0.3, 0.4) is 0 Å². The van der Waals surface area contributed by atoms with E-state index in [9.17, 15) is 0 Å². The molecule has 0 fully saturated rings. The van der Waals surface area contributed by atoms with Crippen molar-refractivity contribution in [2.24, 2.45) is 0 Å². The highest BCUT2D eigenvalue weighted by Crippen LogP contribution is 2.18. The molecule has 0 aromatic carbocycles. The van der Waals surface area contributed by atoms with E-state index in [2.05, 4.69) is 23.7 Å². The van der Waals surface area contributed by atoms with Crippen molar-refractivity contribution in [1.29, 1.82) is 0 Å². The normalized spacial score (nSPS) is 11.0.